The molecule has 0 aromatic heterocycles. The van der Waals surface area contributed by atoms with E-state index in [1.165, 1.54) is 5.56 Å². The number of aliphatic hydroxyl groups excluding tert-OH is 1. The van der Waals surface area contributed by atoms with Crippen molar-refractivity contribution in [1.29, 1.82) is 0 Å². The van der Waals surface area contributed by atoms with Crippen molar-refractivity contribution in [2.45, 2.75) is 27.2 Å². The molecular formula is C11H22O2. The fraction of sp³-hybridized carbons (Fsp3) is 0.455. The molecule has 1 aromatic rings. The zero-order chi connectivity index (χ0) is 9.82. The summed E-state index contributed by atoms with van der Waals surface area (Å²) < 4.78 is 0. The average molecular weight is 186 g/mol. The highest BCUT2D eigenvalue weighted by Gasteiger charge is 1.79. The molecule has 0 unspecified atom stereocenters. The first-order valence-electron chi connectivity index (χ1n) is 4.42. The van der Waals surface area contributed by atoms with E-state index in [0.29, 0.717) is 0 Å². The van der Waals surface area contributed by atoms with Crippen LogP contribution in [0.3, 0.4) is 0 Å². The summed E-state index contributed by atoms with van der Waals surface area (Å²) in [4.78, 5) is 0. The van der Waals surface area contributed by atoms with Gasteiger partial charge in [-0.15, -0.1) is 0 Å². The Labute approximate surface area is 81.5 Å². The highest BCUT2D eigenvalue weighted by molar-refractivity contribution is 5.13. The lowest BCUT2D eigenvalue weighted by Gasteiger charge is -1.89. The van der Waals surface area contributed by atoms with Crippen LogP contribution in [0.15, 0.2) is 30.3 Å². The molecule has 13 heavy (non-hydrogen) atoms. The Morgan fingerprint density at radius 3 is 1.62 bits per heavy atom. The Bertz CT molecular complexity index is 149. The predicted molar refractivity (Wildman–Crippen MR) is 58.9 cm³/mol. The quantitative estimate of drug-likeness (QED) is 0.717. The third kappa shape index (κ3) is 11.1. The van der Waals surface area contributed by atoms with Gasteiger partial charge in [0.15, 0.2) is 0 Å². The van der Waals surface area contributed by atoms with Crippen molar-refractivity contribution in [3.63, 3.8) is 0 Å². The molecule has 0 atom stereocenters. The highest BCUT2D eigenvalue weighted by Crippen LogP contribution is 1.96. The average Bonchev–Trinajstić information content (AvgIpc) is 2.25. The second kappa shape index (κ2) is 17.3. The van der Waals surface area contributed by atoms with Gasteiger partial charge >= 0.3 is 0 Å². The van der Waals surface area contributed by atoms with Crippen molar-refractivity contribution < 1.29 is 10.6 Å². The number of hydrogen-bond acceptors (Lipinski definition) is 1. The topological polar surface area (TPSA) is 51.7 Å². The summed E-state index contributed by atoms with van der Waals surface area (Å²) in [5.74, 6) is 0. The Balaban J connectivity index is -0.000000178. The monoisotopic (exact) mass is 186 g/mol. The van der Waals surface area contributed by atoms with Gasteiger partial charge in [-0.25, -0.2) is 0 Å². The van der Waals surface area contributed by atoms with Crippen LogP contribution in [-0.2, 0) is 6.42 Å². The molecule has 78 valence electrons. The first-order chi connectivity index (χ1) is 5.93. The SMILES string of the molecule is CC.CCc1ccccc1.CO.O. The maximum atomic E-state index is 7.00. The van der Waals surface area contributed by atoms with Crippen LogP contribution in [0.2, 0.25) is 0 Å². The molecule has 0 aliphatic heterocycles. The number of benzene rings is 1. The lowest BCUT2D eigenvalue weighted by Crippen LogP contribution is -1.73. The maximum Gasteiger partial charge on any atom is 0.0319 e. The minimum Gasteiger partial charge on any atom is -0.412 e. The highest BCUT2D eigenvalue weighted by atomic mass is 16.2. The molecule has 0 fully saturated rings. The van der Waals surface area contributed by atoms with Crippen LogP contribution in [0.5, 0.6) is 0 Å². The lowest BCUT2D eigenvalue weighted by atomic mass is 10.2. The van der Waals surface area contributed by atoms with E-state index < -0.39 is 0 Å². The van der Waals surface area contributed by atoms with Crippen molar-refractivity contribution >= 4 is 0 Å². The fourth-order valence-electron chi connectivity index (χ4n) is 0.714. The van der Waals surface area contributed by atoms with Gasteiger partial charge in [0.25, 0.3) is 0 Å². The van der Waals surface area contributed by atoms with E-state index in [9.17, 15) is 0 Å². The van der Waals surface area contributed by atoms with Gasteiger partial charge in [-0.05, 0) is 12.0 Å². The van der Waals surface area contributed by atoms with E-state index in [2.05, 4.69) is 31.2 Å². The standard InChI is InChI=1S/C8H10.C2H6.CH4O.H2O/c1-2-8-6-4-3-5-7-8;2*1-2;/h3-7H,2H2,1H3;1-2H3;2H,1H3;1H2. The van der Waals surface area contributed by atoms with Crippen molar-refractivity contribution in [2.24, 2.45) is 0 Å². The summed E-state index contributed by atoms with van der Waals surface area (Å²) in [5.41, 5.74) is 1.41. The van der Waals surface area contributed by atoms with E-state index in [4.69, 9.17) is 5.11 Å². The maximum absolute atomic E-state index is 7.00. The van der Waals surface area contributed by atoms with Crippen molar-refractivity contribution in [1.82, 2.24) is 0 Å². The summed E-state index contributed by atoms with van der Waals surface area (Å²) in [7, 11) is 1.00. The largest absolute Gasteiger partial charge is 0.412 e. The molecule has 1 rings (SSSR count). The van der Waals surface area contributed by atoms with Crippen LogP contribution >= 0.6 is 0 Å². The second-order valence-corrected chi connectivity index (χ2v) is 1.84. The normalized spacial score (nSPS) is 6.54. The predicted octanol–water partition coefficient (Wildman–Crippen LogP) is 2.06. The molecular weight excluding hydrogens is 164 g/mol. The Morgan fingerprint density at radius 2 is 1.38 bits per heavy atom. The first-order valence-corrected chi connectivity index (χ1v) is 4.42. The van der Waals surface area contributed by atoms with Gasteiger partial charge in [-0.1, -0.05) is 51.1 Å². The zero-order valence-electron chi connectivity index (χ0n) is 9.04. The molecule has 0 saturated carbocycles. The molecule has 0 aliphatic carbocycles. The van der Waals surface area contributed by atoms with Crippen LogP contribution in [-0.4, -0.2) is 17.7 Å². The van der Waals surface area contributed by atoms with Gasteiger partial charge in [0.05, 0.1) is 0 Å². The zero-order valence-corrected chi connectivity index (χ0v) is 9.04. The molecule has 3 N–H and O–H groups in total. The summed E-state index contributed by atoms with van der Waals surface area (Å²) in [6, 6.07) is 10.5. The van der Waals surface area contributed by atoms with Gasteiger partial charge in [0.1, 0.15) is 0 Å². The Morgan fingerprint density at radius 1 is 1.00 bits per heavy atom. The van der Waals surface area contributed by atoms with Gasteiger partial charge < -0.3 is 10.6 Å². The van der Waals surface area contributed by atoms with Gasteiger partial charge in [0.2, 0.25) is 0 Å². The fourth-order valence-corrected chi connectivity index (χ4v) is 0.714. The summed E-state index contributed by atoms with van der Waals surface area (Å²) >= 11 is 0. The van der Waals surface area contributed by atoms with E-state index in [1.54, 1.807) is 0 Å². The minimum absolute atomic E-state index is 0. The Hall–Kier alpha value is -0.860. The summed E-state index contributed by atoms with van der Waals surface area (Å²) in [6.45, 7) is 6.16. The molecule has 0 radical (unpaired) electrons. The molecule has 0 bridgehead atoms. The van der Waals surface area contributed by atoms with E-state index >= 15 is 0 Å². The van der Waals surface area contributed by atoms with Crippen molar-refractivity contribution in [3.8, 4) is 0 Å². The smallest absolute Gasteiger partial charge is 0.0319 e. The van der Waals surface area contributed by atoms with Crippen molar-refractivity contribution in [3.05, 3.63) is 35.9 Å². The molecule has 0 aliphatic rings. The van der Waals surface area contributed by atoms with E-state index in [-0.39, 0.29) is 5.48 Å². The van der Waals surface area contributed by atoms with Gasteiger partial charge in [-0.3, -0.25) is 0 Å². The molecule has 0 amide bonds. The first kappa shape index (κ1) is 18.0. The molecule has 0 saturated heterocycles. The van der Waals surface area contributed by atoms with Crippen molar-refractivity contribution in [2.75, 3.05) is 7.11 Å². The molecule has 2 nitrogen and oxygen atoms in total. The van der Waals surface area contributed by atoms with Crippen LogP contribution in [0.25, 0.3) is 0 Å². The molecule has 0 spiro atoms. The Kier molecular flexibility index (Phi) is 24.0. The van der Waals surface area contributed by atoms with Gasteiger partial charge in [0, 0.05) is 7.11 Å². The second-order valence-electron chi connectivity index (χ2n) is 1.84. The molecule has 0 heterocycles. The van der Waals surface area contributed by atoms with Crippen LogP contribution < -0.4 is 0 Å². The van der Waals surface area contributed by atoms with Crippen LogP contribution in [0.4, 0.5) is 0 Å². The van der Waals surface area contributed by atoms with E-state index in [1.807, 2.05) is 19.9 Å². The van der Waals surface area contributed by atoms with Gasteiger partial charge in [-0.2, -0.15) is 0 Å². The number of hydrogen-bond donors (Lipinski definition) is 1. The lowest BCUT2D eigenvalue weighted by molar-refractivity contribution is 0.399. The molecule has 2 heteroatoms. The number of rotatable bonds is 1. The summed E-state index contributed by atoms with van der Waals surface area (Å²) in [5, 5.41) is 7.00. The minimum atomic E-state index is 0. The van der Waals surface area contributed by atoms with Crippen LogP contribution in [0, 0.1) is 0 Å². The molecule has 1 aromatic carbocycles. The van der Waals surface area contributed by atoms with E-state index in [0.717, 1.165) is 13.5 Å². The third-order valence-corrected chi connectivity index (χ3v) is 1.25. The van der Waals surface area contributed by atoms with Crippen LogP contribution in [0.1, 0.15) is 26.3 Å². The number of aryl methyl sites for hydroxylation is 1. The third-order valence-electron chi connectivity index (χ3n) is 1.25. The summed E-state index contributed by atoms with van der Waals surface area (Å²) in [6.07, 6.45) is 1.14. The number of aliphatic hydroxyl groups is 1.